The van der Waals surface area contributed by atoms with E-state index >= 15 is 0 Å². The standard InChI is InChI=1S/C13H15F2NO3/c14-13(15)7-12(8-13,9-17)16-11(18)19-6-10-4-2-1-3-5-10/h1-5,17H,6-9H2,(H,16,18). The number of aliphatic hydroxyl groups excluding tert-OH is 1. The average Bonchev–Trinajstić information content (AvgIpc) is 2.35. The molecule has 0 aromatic heterocycles. The summed E-state index contributed by atoms with van der Waals surface area (Å²) in [6, 6.07) is 9.01. The molecule has 1 saturated carbocycles. The highest BCUT2D eigenvalue weighted by atomic mass is 19.3. The van der Waals surface area contributed by atoms with Gasteiger partial charge in [0.1, 0.15) is 6.61 Å². The fourth-order valence-electron chi connectivity index (χ4n) is 2.15. The number of halogens is 2. The third kappa shape index (κ3) is 3.41. The molecule has 0 atom stereocenters. The fourth-order valence-corrected chi connectivity index (χ4v) is 2.15. The van der Waals surface area contributed by atoms with Crippen LogP contribution in [0.5, 0.6) is 0 Å². The predicted octanol–water partition coefficient (Wildman–Crippen LogP) is 2.07. The molecule has 2 rings (SSSR count). The summed E-state index contributed by atoms with van der Waals surface area (Å²) in [6.45, 7) is -0.465. The third-order valence-corrected chi connectivity index (χ3v) is 3.08. The topological polar surface area (TPSA) is 58.6 Å². The first-order valence-electron chi connectivity index (χ1n) is 5.92. The lowest BCUT2D eigenvalue weighted by molar-refractivity contribution is -0.144. The number of benzene rings is 1. The van der Waals surface area contributed by atoms with Gasteiger partial charge in [-0.25, -0.2) is 13.6 Å². The van der Waals surface area contributed by atoms with Crippen LogP contribution in [0.1, 0.15) is 18.4 Å². The number of rotatable bonds is 4. The fraction of sp³-hybridized carbons (Fsp3) is 0.462. The first-order valence-corrected chi connectivity index (χ1v) is 5.92. The summed E-state index contributed by atoms with van der Waals surface area (Å²) in [6.07, 6.45) is -1.91. The maximum Gasteiger partial charge on any atom is 0.407 e. The Morgan fingerprint density at radius 2 is 1.95 bits per heavy atom. The molecule has 0 radical (unpaired) electrons. The van der Waals surface area contributed by atoms with Crippen molar-refractivity contribution in [3.63, 3.8) is 0 Å². The lowest BCUT2D eigenvalue weighted by atomic mass is 9.74. The Hall–Kier alpha value is -1.69. The number of alkyl halides is 2. The van der Waals surface area contributed by atoms with E-state index in [2.05, 4.69) is 5.32 Å². The molecular weight excluding hydrogens is 256 g/mol. The maximum atomic E-state index is 12.8. The van der Waals surface area contributed by atoms with E-state index in [-0.39, 0.29) is 6.61 Å². The second kappa shape index (κ2) is 5.13. The van der Waals surface area contributed by atoms with Gasteiger partial charge in [-0.05, 0) is 5.56 Å². The van der Waals surface area contributed by atoms with Crippen molar-refractivity contribution >= 4 is 6.09 Å². The maximum absolute atomic E-state index is 12.8. The highest BCUT2D eigenvalue weighted by molar-refractivity contribution is 5.68. The van der Waals surface area contributed by atoms with Crippen molar-refractivity contribution in [1.82, 2.24) is 5.32 Å². The van der Waals surface area contributed by atoms with E-state index in [1.54, 1.807) is 24.3 Å². The van der Waals surface area contributed by atoms with Crippen LogP contribution in [0.2, 0.25) is 0 Å². The van der Waals surface area contributed by atoms with Crippen LogP contribution in [-0.2, 0) is 11.3 Å². The summed E-state index contributed by atoms with van der Waals surface area (Å²) < 4.78 is 30.6. The van der Waals surface area contributed by atoms with E-state index in [1.165, 1.54) is 0 Å². The van der Waals surface area contributed by atoms with E-state index in [9.17, 15) is 13.6 Å². The van der Waals surface area contributed by atoms with Gasteiger partial charge in [0.05, 0.1) is 12.1 Å². The van der Waals surface area contributed by atoms with Crippen LogP contribution in [0, 0.1) is 0 Å². The molecule has 1 amide bonds. The molecule has 0 unspecified atom stereocenters. The summed E-state index contributed by atoms with van der Waals surface area (Å²) >= 11 is 0. The molecule has 1 fully saturated rings. The zero-order valence-corrected chi connectivity index (χ0v) is 10.2. The van der Waals surface area contributed by atoms with E-state index in [0.717, 1.165) is 5.56 Å². The molecule has 104 valence electrons. The van der Waals surface area contributed by atoms with Gasteiger partial charge in [0.15, 0.2) is 0 Å². The molecular formula is C13H15F2NO3. The molecule has 0 heterocycles. The van der Waals surface area contributed by atoms with Gasteiger partial charge in [-0.1, -0.05) is 30.3 Å². The van der Waals surface area contributed by atoms with Gasteiger partial charge in [0.2, 0.25) is 0 Å². The Bertz CT molecular complexity index is 442. The van der Waals surface area contributed by atoms with Crippen molar-refractivity contribution in [3.8, 4) is 0 Å². The third-order valence-electron chi connectivity index (χ3n) is 3.08. The quantitative estimate of drug-likeness (QED) is 0.881. The summed E-state index contributed by atoms with van der Waals surface area (Å²) in [7, 11) is 0. The molecule has 19 heavy (non-hydrogen) atoms. The number of ether oxygens (including phenoxy) is 1. The Kier molecular flexibility index (Phi) is 3.71. The molecule has 6 heteroatoms. The van der Waals surface area contributed by atoms with E-state index in [0.29, 0.717) is 0 Å². The van der Waals surface area contributed by atoms with Crippen molar-refractivity contribution in [2.24, 2.45) is 0 Å². The van der Waals surface area contributed by atoms with Gasteiger partial charge in [-0.2, -0.15) is 0 Å². The van der Waals surface area contributed by atoms with Crippen LogP contribution in [0.25, 0.3) is 0 Å². The Morgan fingerprint density at radius 1 is 1.32 bits per heavy atom. The zero-order valence-electron chi connectivity index (χ0n) is 10.2. The number of alkyl carbamates (subject to hydrolysis) is 1. The van der Waals surface area contributed by atoms with Crippen LogP contribution in [-0.4, -0.2) is 29.3 Å². The minimum atomic E-state index is -2.82. The molecule has 1 aromatic rings. The van der Waals surface area contributed by atoms with Crippen LogP contribution >= 0.6 is 0 Å². The van der Waals surface area contributed by atoms with Crippen molar-refractivity contribution in [2.45, 2.75) is 30.9 Å². The zero-order chi connectivity index (χ0) is 13.9. The molecule has 1 aliphatic carbocycles. The second-order valence-corrected chi connectivity index (χ2v) is 4.83. The van der Waals surface area contributed by atoms with Gasteiger partial charge < -0.3 is 15.2 Å². The normalized spacial score (nSPS) is 19.3. The highest BCUT2D eigenvalue weighted by Gasteiger charge is 2.57. The van der Waals surface area contributed by atoms with Gasteiger partial charge in [-0.3, -0.25) is 0 Å². The van der Waals surface area contributed by atoms with Crippen LogP contribution in [0.15, 0.2) is 30.3 Å². The van der Waals surface area contributed by atoms with Crippen LogP contribution < -0.4 is 5.32 Å². The predicted molar refractivity (Wildman–Crippen MR) is 63.8 cm³/mol. The molecule has 1 aromatic carbocycles. The molecule has 0 aliphatic heterocycles. The van der Waals surface area contributed by atoms with E-state index in [4.69, 9.17) is 9.84 Å². The number of nitrogens with one attached hydrogen (secondary N) is 1. The first kappa shape index (κ1) is 13.7. The smallest absolute Gasteiger partial charge is 0.407 e. The lowest BCUT2D eigenvalue weighted by Crippen LogP contribution is -2.64. The van der Waals surface area contributed by atoms with Crippen molar-refractivity contribution < 1.29 is 23.4 Å². The largest absolute Gasteiger partial charge is 0.445 e. The molecule has 2 N–H and O–H groups in total. The summed E-state index contributed by atoms with van der Waals surface area (Å²) in [5, 5.41) is 11.4. The van der Waals surface area contributed by atoms with Gasteiger partial charge in [0.25, 0.3) is 5.92 Å². The van der Waals surface area contributed by atoms with Gasteiger partial charge >= 0.3 is 6.09 Å². The number of amides is 1. The minimum Gasteiger partial charge on any atom is -0.445 e. The highest BCUT2D eigenvalue weighted by Crippen LogP contribution is 2.45. The van der Waals surface area contributed by atoms with E-state index < -0.39 is 37.0 Å². The number of hydrogen-bond acceptors (Lipinski definition) is 3. The molecule has 0 bridgehead atoms. The van der Waals surface area contributed by atoms with Gasteiger partial charge in [0, 0.05) is 12.8 Å². The monoisotopic (exact) mass is 271 g/mol. The average molecular weight is 271 g/mol. The molecule has 4 nitrogen and oxygen atoms in total. The number of carbonyl (C=O) groups excluding carboxylic acids is 1. The molecule has 0 spiro atoms. The number of aliphatic hydroxyl groups is 1. The Morgan fingerprint density at radius 3 is 2.47 bits per heavy atom. The summed E-state index contributed by atoms with van der Waals surface area (Å²) in [5.41, 5.74) is -0.452. The number of hydrogen-bond donors (Lipinski definition) is 2. The van der Waals surface area contributed by atoms with Crippen LogP contribution in [0.4, 0.5) is 13.6 Å². The second-order valence-electron chi connectivity index (χ2n) is 4.83. The summed E-state index contributed by atoms with van der Waals surface area (Å²) in [4.78, 5) is 11.5. The van der Waals surface area contributed by atoms with Crippen molar-refractivity contribution in [2.75, 3.05) is 6.61 Å². The first-order chi connectivity index (χ1) is 8.95. The lowest BCUT2D eigenvalue weighted by Gasteiger charge is -2.45. The van der Waals surface area contributed by atoms with Crippen molar-refractivity contribution in [1.29, 1.82) is 0 Å². The molecule has 0 saturated heterocycles. The molecule has 1 aliphatic rings. The number of carbonyl (C=O) groups is 1. The van der Waals surface area contributed by atoms with Gasteiger partial charge in [-0.15, -0.1) is 0 Å². The Balaban J connectivity index is 1.81. The Labute approximate surface area is 109 Å². The SMILES string of the molecule is O=C(NC1(CO)CC(F)(F)C1)OCc1ccccc1. The van der Waals surface area contributed by atoms with E-state index in [1.807, 2.05) is 6.07 Å². The summed E-state index contributed by atoms with van der Waals surface area (Å²) in [5.74, 6) is -2.82. The van der Waals surface area contributed by atoms with Crippen molar-refractivity contribution in [3.05, 3.63) is 35.9 Å². The van der Waals surface area contributed by atoms with Crippen LogP contribution in [0.3, 0.4) is 0 Å². The minimum absolute atomic E-state index is 0.0601.